The average Bonchev–Trinajstić information content (AvgIpc) is 2.46. The zero-order valence-corrected chi connectivity index (χ0v) is 11.8. The van der Waals surface area contributed by atoms with Crippen molar-refractivity contribution in [2.24, 2.45) is 0 Å². The Balaban J connectivity index is 1.76. The summed E-state index contributed by atoms with van der Waals surface area (Å²) in [5.41, 5.74) is 2.97. The van der Waals surface area contributed by atoms with Gasteiger partial charge in [0.2, 0.25) is 0 Å². The number of hydrogen-bond acceptors (Lipinski definition) is 4. The van der Waals surface area contributed by atoms with Gasteiger partial charge in [0.15, 0.2) is 0 Å². The monoisotopic (exact) mass is 296 g/mol. The molecule has 0 atom stereocenters. The van der Waals surface area contributed by atoms with Crippen LogP contribution in [0.15, 0.2) is 18.3 Å². The molecule has 1 saturated heterocycles. The third kappa shape index (κ3) is 4.47. The van der Waals surface area contributed by atoms with Crippen LogP contribution in [0.25, 0.3) is 0 Å². The first-order valence-electron chi connectivity index (χ1n) is 6.59. The lowest BCUT2D eigenvalue weighted by molar-refractivity contribution is -0.125. The van der Waals surface area contributed by atoms with Gasteiger partial charge in [-0.05, 0) is 25.0 Å². The molecule has 0 aliphatic carbocycles. The number of amides is 2. The number of rotatable bonds is 4. The first kappa shape index (κ1) is 14.7. The molecule has 7 heteroatoms. The number of halogens is 1. The van der Waals surface area contributed by atoms with Crippen LogP contribution in [0.3, 0.4) is 0 Å². The molecule has 1 aliphatic rings. The number of pyridine rings is 1. The van der Waals surface area contributed by atoms with E-state index in [0.29, 0.717) is 5.02 Å². The minimum absolute atomic E-state index is 0.0798. The Kier molecular flexibility index (Phi) is 5.31. The van der Waals surface area contributed by atoms with Crippen LogP contribution in [0, 0.1) is 0 Å². The molecule has 0 radical (unpaired) electrons. The second-order valence-electron chi connectivity index (χ2n) is 4.62. The standard InChI is InChI=1S/C13H17ClN4O2/c14-10-4-5-15-11(8-10)13(20)16-9-12(19)17-18-6-2-1-3-7-18/h4-5,8H,1-3,6-7,9H2,(H,16,20)(H,17,19). The van der Waals surface area contributed by atoms with Gasteiger partial charge >= 0.3 is 0 Å². The minimum atomic E-state index is -0.415. The van der Waals surface area contributed by atoms with Crippen LogP contribution in [0.5, 0.6) is 0 Å². The fourth-order valence-electron chi connectivity index (χ4n) is 2.00. The van der Waals surface area contributed by atoms with Crippen molar-refractivity contribution in [2.45, 2.75) is 19.3 Å². The summed E-state index contributed by atoms with van der Waals surface area (Å²) in [4.78, 5) is 27.4. The van der Waals surface area contributed by atoms with Crippen molar-refractivity contribution >= 4 is 23.4 Å². The van der Waals surface area contributed by atoms with Crippen LogP contribution in [0.4, 0.5) is 0 Å². The van der Waals surface area contributed by atoms with E-state index in [1.165, 1.54) is 18.7 Å². The summed E-state index contributed by atoms with van der Waals surface area (Å²) in [6.45, 7) is 1.63. The van der Waals surface area contributed by atoms with Gasteiger partial charge < -0.3 is 5.32 Å². The Hall–Kier alpha value is -1.66. The topological polar surface area (TPSA) is 74.3 Å². The summed E-state index contributed by atoms with van der Waals surface area (Å²) >= 11 is 5.77. The lowest BCUT2D eigenvalue weighted by atomic mass is 10.2. The number of hydrazine groups is 1. The maximum atomic E-state index is 11.8. The number of piperidine rings is 1. The van der Waals surface area contributed by atoms with Crippen LogP contribution in [-0.4, -0.2) is 41.4 Å². The van der Waals surface area contributed by atoms with Gasteiger partial charge in [0.1, 0.15) is 5.69 Å². The molecule has 0 aromatic carbocycles. The zero-order chi connectivity index (χ0) is 14.4. The number of nitrogens with zero attached hydrogens (tertiary/aromatic N) is 2. The maximum absolute atomic E-state index is 11.8. The number of aromatic nitrogens is 1. The largest absolute Gasteiger partial charge is 0.342 e. The summed E-state index contributed by atoms with van der Waals surface area (Å²) in [5.74, 6) is -0.649. The molecule has 108 valence electrons. The minimum Gasteiger partial charge on any atom is -0.342 e. The second-order valence-corrected chi connectivity index (χ2v) is 5.06. The van der Waals surface area contributed by atoms with Gasteiger partial charge in [0.05, 0.1) is 6.54 Å². The Bertz CT molecular complexity index is 489. The van der Waals surface area contributed by atoms with E-state index in [0.717, 1.165) is 25.9 Å². The fraction of sp³-hybridized carbons (Fsp3) is 0.462. The Morgan fingerprint density at radius 3 is 2.75 bits per heavy atom. The SMILES string of the molecule is O=C(CNC(=O)c1cc(Cl)ccn1)NN1CCCCC1. The van der Waals surface area contributed by atoms with Crippen molar-refractivity contribution in [2.75, 3.05) is 19.6 Å². The maximum Gasteiger partial charge on any atom is 0.270 e. The molecule has 2 amide bonds. The third-order valence-electron chi connectivity index (χ3n) is 3.00. The summed E-state index contributed by atoms with van der Waals surface area (Å²) in [6.07, 6.45) is 4.81. The van der Waals surface area contributed by atoms with Crippen LogP contribution in [0.2, 0.25) is 5.02 Å². The van der Waals surface area contributed by atoms with E-state index in [-0.39, 0.29) is 18.1 Å². The van der Waals surface area contributed by atoms with Crippen molar-refractivity contribution in [1.29, 1.82) is 0 Å². The highest BCUT2D eigenvalue weighted by molar-refractivity contribution is 6.30. The van der Waals surface area contributed by atoms with E-state index in [2.05, 4.69) is 15.7 Å². The molecule has 2 N–H and O–H groups in total. The summed E-state index contributed by atoms with van der Waals surface area (Å²) in [7, 11) is 0. The summed E-state index contributed by atoms with van der Waals surface area (Å²) < 4.78 is 0. The molecular formula is C13H17ClN4O2. The van der Waals surface area contributed by atoms with Crippen LogP contribution in [0.1, 0.15) is 29.8 Å². The molecule has 2 heterocycles. The van der Waals surface area contributed by atoms with Gasteiger partial charge in [-0.2, -0.15) is 0 Å². The number of carbonyl (C=O) groups excluding carboxylic acids is 2. The van der Waals surface area contributed by atoms with Gasteiger partial charge in [0.25, 0.3) is 11.8 Å². The molecule has 0 bridgehead atoms. The zero-order valence-electron chi connectivity index (χ0n) is 11.1. The van der Waals surface area contributed by atoms with Crippen LogP contribution < -0.4 is 10.7 Å². The van der Waals surface area contributed by atoms with Gasteiger partial charge in [-0.25, -0.2) is 5.01 Å². The Labute approximate surface area is 122 Å². The van der Waals surface area contributed by atoms with Crippen molar-refractivity contribution in [3.8, 4) is 0 Å². The highest BCUT2D eigenvalue weighted by Crippen LogP contribution is 2.07. The molecule has 1 aromatic rings. The summed E-state index contributed by atoms with van der Waals surface area (Å²) in [5, 5.41) is 4.83. The smallest absolute Gasteiger partial charge is 0.270 e. The van der Waals surface area contributed by atoms with Crippen LogP contribution >= 0.6 is 11.6 Å². The quantitative estimate of drug-likeness (QED) is 0.869. The molecule has 0 spiro atoms. The van der Waals surface area contributed by atoms with Gasteiger partial charge in [-0.15, -0.1) is 0 Å². The van der Waals surface area contributed by atoms with Crippen molar-refractivity contribution in [3.63, 3.8) is 0 Å². The van der Waals surface area contributed by atoms with E-state index >= 15 is 0 Å². The molecule has 1 fully saturated rings. The first-order valence-corrected chi connectivity index (χ1v) is 6.97. The summed E-state index contributed by atoms with van der Waals surface area (Å²) in [6, 6.07) is 3.04. The molecule has 0 unspecified atom stereocenters. The average molecular weight is 297 g/mol. The van der Waals surface area contributed by atoms with Crippen LogP contribution in [-0.2, 0) is 4.79 Å². The predicted octanol–water partition coefficient (Wildman–Crippen LogP) is 0.982. The number of nitrogens with one attached hydrogen (secondary N) is 2. The highest BCUT2D eigenvalue weighted by atomic mass is 35.5. The normalized spacial score (nSPS) is 15.7. The molecule has 6 nitrogen and oxygen atoms in total. The predicted molar refractivity (Wildman–Crippen MR) is 75.1 cm³/mol. The lowest BCUT2D eigenvalue weighted by Crippen LogP contribution is -2.48. The van der Waals surface area contributed by atoms with E-state index in [1.54, 1.807) is 6.07 Å². The van der Waals surface area contributed by atoms with E-state index in [1.807, 2.05) is 5.01 Å². The number of carbonyl (C=O) groups is 2. The molecular weight excluding hydrogens is 280 g/mol. The molecule has 1 aliphatic heterocycles. The second kappa shape index (κ2) is 7.21. The lowest BCUT2D eigenvalue weighted by Gasteiger charge is -2.26. The van der Waals surface area contributed by atoms with Gasteiger partial charge in [-0.1, -0.05) is 18.0 Å². The molecule has 20 heavy (non-hydrogen) atoms. The van der Waals surface area contributed by atoms with E-state index in [9.17, 15) is 9.59 Å². The molecule has 2 rings (SSSR count). The third-order valence-corrected chi connectivity index (χ3v) is 3.24. The Morgan fingerprint density at radius 2 is 2.05 bits per heavy atom. The molecule has 1 aromatic heterocycles. The van der Waals surface area contributed by atoms with E-state index in [4.69, 9.17) is 11.6 Å². The fourth-order valence-corrected chi connectivity index (χ4v) is 2.16. The van der Waals surface area contributed by atoms with Gasteiger partial charge in [0, 0.05) is 24.3 Å². The van der Waals surface area contributed by atoms with Crippen molar-refractivity contribution < 1.29 is 9.59 Å². The van der Waals surface area contributed by atoms with Crippen molar-refractivity contribution in [3.05, 3.63) is 29.0 Å². The number of hydrogen-bond donors (Lipinski definition) is 2. The van der Waals surface area contributed by atoms with Gasteiger partial charge in [-0.3, -0.25) is 20.0 Å². The highest BCUT2D eigenvalue weighted by Gasteiger charge is 2.14. The Morgan fingerprint density at radius 1 is 1.30 bits per heavy atom. The van der Waals surface area contributed by atoms with E-state index < -0.39 is 5.91 Å². The molecule has 0 saturated carbocycles. The van der Waals surface area contributed by atoms with Crippen molar-refractivity contribution in [1.82, 2.24) is 20.7 Å². The first-order chi connectivity index (χ1) is 9.65.